The largest absolute Gasteiger partial charge is 0.388 e. The summed E-state index contributed by atoms with van der Waals surface area (Å²) in [7, 11) is -1.14. The minimum Gasteiger partial charge on any atom is -0.388 e. The number of rotatable bonds is 5. The van der Waals surface area contributed by atoms with Gasteiger partial charge in [-0.1, -0.05) is 38.1 Å². The van der Waals surface area contributed by atoms with E-state index in [1.54, 1.807) is 19.2 Å². The van der Waals surface area contributed by atoms with Gasteiger partial charge in [0.25, 0.3) is 0 Å². The van der Waals surface area contributed by atoms with Crippen LogP contribution in [0.15, 0.2) is 50.6 Å². The van der Waals surface area contributed by atoms with Gasteiger partial charge in [0.2, 0.25) is 0 Å². The van der Waals surface area contributed by atoms with Crippen LogP contribution in [-0.4, -0.2) is 22.5 Å². The van der Waals surface area contributed by atoms with Crippen LogP contribution < -0.4 is 0 Å². The van der Waals surface area contributed by atoms with Gasteiger partial charge >= 0.3 is 0 Å². The number of aliphatic hydroxyl groups excluding tert-OH is 1. The second-order valence-corrected chi connectivity index (χ2v) is 6.32. The third-order valence-corrected chi connectivity index (χ3v) is 5.26. The van der Waals surface area contributed by atoms with E-state index in [9.17, 15) is 9.32 Å². The number of hydrogen-bond donors (Lipinski definition) is 1. The minimum absolute atomic E-state index is 0.529. The van der Waals surface area contributed by atoms with Crippen molar-refractivity contribution in [3.8, 4) is 0 Å². The average molecular weight is 267 g/mol. The van der Waals surface area contributed by atoms with E-state index in [1.807, 2.05) is 38.1 Å². The van der Waals surface area contributed by atoms with Crippen LogP contribution in [-0.2, 0) is 9.73 Å². The summed E-state index contributed by atoms with van der Waals surface area (Å²) in [6, 6.07) is 9.13. The molecule has 100 valence electrons. The monoisotopic (exact) mass is 267 g/mol. The molecule has 0 bridgehead atoms. The van der Waals surface area contributed by atoms with Crippen molar-refractivity contribution in [1.29, 1.82) is 0 Å². The first-order chi connectivity index (χ1) is 8.60. The molecule has 0 heterocycles. The lowest BCUT2D eigenvalue weighted by Crippen LogP contribution is -2.18. The molecule has 0 aliphatic rings. The first-order valence-corrected chi connectivity index (χ1v) is 7.70. The predicted molar refractivity (Wildman–Crippen MR) is 75.9 cm³/mol. The molecule has 1 aromatic carbocycles. The van der Waals surface area contributed by atoms with E-state index in [-0.39, 0.29) is 0 Å². The van der Waals surface area contributed by atoms with Gasteiger partial charge in [-0.25, -0.2) is 8.57 Å². The number of nitrogens with zero attached hydrogens (tertiary/aromatic N) is 1. The first kappa shape index (κ1) is 14.9. The molecule has 3 nitrogen and oxygen atoms in total. The summed E-state index contributed by atoms with van der Waals surface area (Å²) in [5.41, 5.74) is 0. The second kappa shape index (κ2) is 6.71. The lowest BCUT2D eigenvalue weighted by molar-refractivity contribution is 0.214. The van der Waals surface area contributed by atoms with E-state index in [4.69, 9.17) is 0 Å². The summed E-state index contributed by atoms with van der Waals surface area (Å²) in [4.78, 5) is 1.18. The summed E-state index contributed by atoms with van der Waals surface area (Å²) in [5.74, 6) is 0. The molecular weight excluding hydrogens is 246 g/mol. The lowest BCUT2D eigenvalue weighted by Gasteiger charge is -2.18. The fourth-order valence-electron chi connectivity index (χ4n) is 1.79. The molecule has 1 rings (SSSR count). The third-order valence-electron chi connectivity index (χ3n) is 2.76. The maximum absolute atomic E-state index is 13.1. The Kier molecular flexibility index (Phi) is 5.56. The van der Waals surface area contributed by atoms with Crippen LogP contribution in [0.2, 0.25) is 0 Å². The maximum Gasteiger partial charge on any atom is 0.102 e. The fraction of sp³-hybridized carbons (Fsp3) is 0.429. The van der Waals surface area contributed by atoms with Gasteiger partial charge in [-0.05, 0) is 25.0 Å². The van der Waals surface area contributed by atoms with Gasteiger partial charge in [-0.2, -0.15) is 0 Å². The van der Waals surface area contributed by atoms with Gasteiger partial charge in [0.15, 0.2) is 0 Å². The molecule has 0 saturated heterocycles. The molecule has 1 unspecified atom stereocenters. The zero-order chi connectivity index (χ0) is 13.6. The van der Waals surface area contributed by atoms with Crippen molar-refractivity contribution in [3.63, 3.8) is 0 Å². The second-order valence-electron chi connectivity index (χ2n) is 3.96. The number of hydrogen-bond acceptors (Lipinski definition) is 3. The van der Waals surface area contributed by atoms with Gasteiger partial charge < -0.3 is 5.11 Å². The molecule has 0 fully saturated rings. The molecule has 0 aromatic heterocycles. The topological polar surface area (TPSA) is 49.7 Å². The smallest absolute Gasteiger partial charge is 0.102 e. The van der Waals surface area contributed by atoms with Crippen LogP contribution in [0.5, 0.6) is 0 Å². The Balaban J connectivity index is 3.40. The average Bonchev–Trinajstić information content (AvgIpc) is 2.44. The Morgan fingerprint density at radius 2 is 2.00 bits per heavy atom. The van der Waals surface area contributed by atoms with Gasteiger partial charge in [-0.15, -0.1) is 0 Å². The van der Waals surface area contributed by atoms with Crippen LogP contribution in [0.3, 0.4) is 0 Å². The minimum atomic E-state index is -2.68. The lowest BCUT2D eigenvalue weighted by atomic mass is 10.2. The van der Waals surface area contributed by atoms with Crippen LogP contribution in [0.25, 0.3) is 0 Å². The van der Waals surface area contributed by atoms with Crippen molar-refractivity contribution < 1.29 is 9.32 Å². The Morgan fingerprint density at radius 1 is 1.39 bits per heavy atom. The fourth-order valence-corrected chi connectivity index (χ4v) is 3.94. The maximum atomic E-state index is 13.1. The zero-order valence-corrected chi connectivity index (χ0v) is 12.0. The molecule has 0 saturated carbocycles. The van der Waals surface area contributed by atoms with Crippen molar-refractivity contribution in [3.05, 3.63) is 41.3 Å². The quantitative estimate of drug-likeness (QED) is 0.890. The summed E-state index contributed by atoms with van der Waals surface area (Å²) in [5, 5.41) is 10.1. The summed E-state index contributed by atoms with van der Waals surface area (Å²) in [6.45, 7) is 3.83. The highest BCUT2D eigenvalue weighted by molar-refractivity contribution is 7.97. The van der Waals surface area contributed by atoms with Crippen LogP contribution >= 0.6 is 0 Å². The van der Waals surface area contributed by atoms with Crippen LogP contribution in [0.1, 0.15) is 26.7 Å². The molecule has 1 aromatic rings. The molecule has 18 heavy (non-hydrogen) atoms. The number of benzene rings is 1. The first-order valence-electron chi connectivity index (χ1n) is 6.18. The van der Waals surface area contributed by atoms with Crippen molar-refractivity contribution in [2.75, 3.05) is 7.05 Å². The van der Waals surface area contributed by atoms with E-state index < -0.39 is 15.8 Å². The molecule has 0 spiro atoms. The molecule has 4 heteroatoms. The van der Waals surface area contributed by atoms with Crippen molar-refractivity contribution in [2.45, 2.75) is 37.7 Å². The van der Waals surface area contributed by atoms with Gasteiger partial charge in [-0.3, -0.25) is 0 Å². The highest BCUT2D eigenvalue weighted by Crippen LogP contribution is 2.26. The van der Waals surface area contributed by atoms with E-state index in [0.29, 0.717) is 16.2 Å². The van der Waals surface area contributed by atoms with Crippen molar-refractivity contribution in [1.82, 2.24) is 0 Å². The predicted octanol–water partition coefficient (Wildman–Crippen LogP) is 3.21. The van der Waals surface area contributed by atoms with Gasteiger partial charge in [0.05, 0.1) is 15.9 Å². The molecule has 0 aliphatic heterocycles. The van der Waals surface area contributed by atoms with E-state index >= 15 is 0 Å². The molecule has 2 atom stereocenters. The molecular formula is C14H21NO2S. The van der Waals surface area contributed by atoms with Crippen LogP contribution in [0, 0.1) is 0 Å². The Hall–Kier alpha value is -1.13. The van der Waals surface area contributed by atoms with Crippen LogP contribution in [0.4, 0.5) is 0 Å². The summed E-state index contributed by atoms with van der Waals surface area (Å²) >= 11 is 0. The number of aliphatic hydroxyl groups is 1. The highest BCUT2D eigenvalue weighted by Gasteiger charge is 2.22. The highest BCUT2D eigenvalue weighted by atomic mass is 32.2. The van der Waals surface area contributed by atoms with E-state index in [1.165, 1.54) is 0 Å². The molecule has 1 N–H and O–H groups in total. The van der Waals surface area contributed by atoms with Crippen molar-refractivity contribution >= 4 is 9.73 Å². The number of allylic oxidation sites excluding steroid dienone is 1. The van der Waals surface area contributed by atoms with Crippen molar-refractivity contribution in [2.24, 2.45) is 4.36 Å². The van der Waals surface area contributed by atoms with E-state index in [0.717, 1.165) is 6.42 Å². The molecule has 0 amide bonds. The van der Waals surface area contributed by atoms with E-state index in [2.05, 4.69) is 4.36 Å². The zero-order valence-electron chi connectivity index (χ0n) is 11.2. The Labute approximate surface area is 110 Å². The molecule has 0 aliphatic carbocycles. The standard InChI is InChI=1S/C14H21NO2S/c1-4-9-14(13(16)5-2)18(17,15-3)12-10-7-6-8-11-12/h6-11,13,16H,4-5H2,1-3H3/b14-9+/t13-,18?/m1/s1. The summed E-state index contributed by atoms with van der Waals surface area (Å²) < 4.78 is 17.1. The SMILES string of the molecule is CC/C=C(\[C@H](O)CC)S(=O)(=NC)c1ccccc1. The van der Waals surface area contributed by atoms with Gasteiger partial charge in [0.1, 0.15) is 9.73 Å². The summed E-state index contributed by atoms with van der Waals surface area (Å²) in [6.07, 6.45) is 2.38. The Bertz CT molecular complexity index is 514. The third kappa shape index (κ3) is 3.00. The molecule has 0 radical (unpaired) electrons. The Morgan fingerprint density at radius 3 is 2.44 bits per heavy atom. The van der Waals surface area contributed by atoms with Gasteiger partial charge in [0, 0.05) is 7.05 Å². The normalized spacial score (nSPS) is 17.0.